The molecule has 1 heterocycles. The van der Waals surface area contributed by atoms with Crippen LogP contribution in [0.4, 0.5) is 0 Å². The Kier molecular flexibility index (Phi) is 2.55. The smallest absolute Gasteiger partial charge is 0.171 e. The summed E-state index contributed by atoms with van der Waals surface area (Å²) < 4.78 is 11.7. The van der Waals surface area contributed by atoms with E-state index in [0.717, 1.165) is 32.1 Å². The third-order valence-corrected chi connectivity index (χ3v) is 4.58. The molecular formula is C13H20O3. The monoisotopic (exact) mass is 224 g/mol. The summed E-state index contributed by atoms with van der Waals surface area (Å²) in [6, 6.07) is 0. The van der Waals surface area contributed by atoms with Gasteiger partial charge in [-0.05, 0) is 25.2 Å². The van der Waals surface area contributed by atoms with E-state index in [1.54, 1.807) is 0 Å². The lowest BCUT2D eigenvalue weighted by Gasteiger charge is -2.31. The van der Waals surface area contributed by atoms with Crippen LogP contribution in [0, 0.1) is 17.8 Å². The Labute approximate surface area is 96.5 Å². The van der Waals surface area contributed by atoms with E-state index < -0.39 is 0 Å². The fourth-order valence-electron chi connectivity index (χ4n) is 3.73. The van der Waals surface area contributed by atoms with Gasteiger partial charge in [0, 0.05) is 24.7 Å². The molecule has 0 aromatic heterocycles. The van der Waals surface area contributed by atoms with Crippen LogP contribution in [0.1, 0.15) is 39.0 Å². The molecule has 3 nitrogen and oxygen atoms in total. The highest BCUT2D eigenvalue weighted by Crippen LogP contribution is 2.50. The van der Waals surface area contributed by atoms with Crippen molar-refractivity contribution in [1.82, 2.24) is 0 Å². The minimum Gasteiger partial charge on any atom is -0.347 e. The molecule has 3 aliphatic rings. The third kappa shape index (κ3) is 1.52. The average Bonchev–Trinajstić information content (AvgIpc) is 2.83. The summed E-state index contributed by atoms with van der Waals surface area (Å²) in [5.74, 6) is 1.22. The van der Waals surface area contributed by atoms with Crippen LogP contribution in [0.3, 0.4) is 0 Å². The molecule has 3 rings (SSSR count). The molecule has 0 N–H and O–H groups in total. The van der Waals surface area contributed by atoms with Crippen molar-refractivity contribution in [1.29, 1.82) is 0 Å². The van der Waals surface area contributed by atoms with Crippen LogP contribution < -0.4 is 0 Å². The molecule has 3 heteroatoms. The molecule has 2 saturated carbocycles. The van der Waals surface area contributed by atoms with Crippen molar-refractivity contribution in [2.75, 3.05) is 13.2 Å². The fraction of sp³-hybridized carbons (Fsp3) is 0.923. The second-order valence-electron chi connectivity index (χ2n) is 5.61. The maximum Gasteiger partial charge on any atom is 0.171 e. The first-order valence-electron chi connectivity index (χ1n) is 6.52. The van der Waals surface area contributed by atoms with E-state index in [0.29, 0.717) is 30.8 Å². The van der Waals surface area contributed by atoms with Gasteiger partial charge >= 0.3 is 0 Å². The number of rotatable bonds is 0. The highest BCUT2D eigenvalue weighted by Gasteiger charge is 2.55. The molecule has 1 spiro atoms. The number of ether oxygens (including phenoxy) is 2. The molecule has 3 fully saturated rings. The van der Waals surface area contributed by atoms with Gasteiger partial charge in [-0.2, -0.15) is 0 Å². The number of fused-ring (bicyclic) bond motifs is 2. The molecule has 0 bridgehead atoms. The molecule has 0 radical (unpaired) electrons. The summed E-state index contributed by atoms with van der Waals surface area (Å²) >= 11 is 0. The number of carbonyl (C=O) groups is 1. The summed E-state index contributed by atoms with van der Waals surface area (Å²) in [4.78, 5) is 12.1. The van der Waals surface area contributed by atoms with E-state index >= 15 is 0 Å². The van der Waals surface area contributed by atoms with Crippen LogP contribution in [0.2, 0.25) is 0 Å². The molecule has 2 aliphatic carbocycles. The van der Waals surface area contributed by atoms with E-state index in [4.69, 9.17) is 9.47 Å². The molecular weight excluding hydrogens is 204 g/mol. The number of hydrogen-bond acceptors (Lipinski definition) is 3. The molecule has 3 atom stereocenters. The molecule has 0 unspecified atom stereocenters. The lowest BCUT2D eigenvalue weighted by molar-refractivity contribution is -0.189. The van der Waals surface area contributed by atoms with Gasteiger partial charge in [0.05, 0.1) is 13.2 Å². The van der Waals surface area contributed by atoms with Gasteiger partial charge in [-0.25, -0.2) is 0 Å². The van der Waals surface area contributed by atoms with Gasteiger partial charge in [-0.1, -0.05) is 6.92 Å². The highest BCUT2D eigenvalue weighted by molar-refractivity contribution is 5.82. The van der Waals surface area contributed by atoms with Crippen molar-refractivity contribution in [3.8, 4) is 0 Å². The number of carbonyl (C=O) groups excluding carboxylic acids is 1. The topological polar surface area (TPSA) is 35.5 Å². The summed E-state index contributed by atoms with van der Waals surface area (Å²) in [6.45, 7) is 3.65. The molecule has 1 saturated heterocycles. The van der Waals surface area contributed by atoms with E-state index in [2.05, 4.69) is 6.92 Å². The summed E-state index contributed by atoms with van der Waals surface area (Å²) in [5.41, 5.74) is 0. The molecule has 1 aliphatic heterocycles. The maximum absolute atomic E-state index is 12.1. The third-order valence-electron chi connectivity index (χ3n) is 4.58. The Hall–Kier alpha value is -0.410. The summed E-state index contributed by atoms with van der Waals surface area (Å²) in [6.07, 6.45) is 4.79. The SMILES string of the molecule is C[C@@H]1CCC(=O)[C@@H]2CCC3(OCCO3)[C@@H]2C1. The van der Waals surface area contributed by atoms with Crippen molar-refractivity contribution >= 4 is 5.78 Å². The largest absolute Gasteiger partial charge is 0.347 e. The minimum atomic E-state index is -0.390. The van der Waals surface area contributed by atoms with Crippen LogP contribution in [0.5, 0.6) is 0 Å². The van der Waals surface area contributed by atoms with Crippen LogP contribution in [0.15, 0.2) is 0 Å². The van der Waals surface area contributed by atoms with Crippen LogP contribution in [-0.2, 0) is 14.3 Å². The highest BCUT2D eigenvalue weighted by atomic mass is 16.7. The normalized spacial score (nSPS) is 42.3. The van der Waals surface area contributed by atoms with Crippen molar-refractivity contribution in [3.63, 3.8) is 0 Å². The van der Waals surface area contributed by atoms with Gasteiger partial charge in [0.15, 0.2) is 5.79 Å². The van der Waals surface area contributed by atoms with E-state index in [9.17, 15) is 4.79 Å². The molecule has 0 aromatic carbocycles. The standard InChI is InChI=1S/C13H20O3/c1-9-2-3-12(14)10-4-5-13(11(10)8-9)15-6-7-16-13/h9-11H,2-8H2,1H3/t9-,10-,11-/m1/s1. The van der Waals surface area contributed by atoms with E-state index in [-0.39, 0.29) is 11.7 Å². The van der Waals surface area contributed by atoms with Crippen molar-refractivity contribution in [2.45, 2.75) is 44.8 Å². The van der Waals surface area contributed by atoms with Gasteiger partial charge < -0.3 is 9.47 Å². The first-order valence-corrected chi connectivity index (χ1v) is 6.52. The summed E-state index contributed by atoms with van der Waals surface area (Å²) in [5, 5.41) is 0. The first-order chi connectivity index (χ1) is 7.71. The Morgan fingerprint density at radius 2 is 2.00 bits per heavy atom. The van der Waals surface area contributed by atoms with Crippen LogP contribution in [-0.4, -0.2) is 24.8 Å². The Morgan fingerprint density at radius 1 is 1.25 bits per heavy atom. The van der Waals surface area contributed by atoms with Crippen molar-refractivity contribution in [2.24, 2.45) is 17.8 Å². The summed E-state index contributed by atoms with van der Waals surface area (Å²) in [7, 11) is 0. The van der Waals surface area contributed by atoms with Gasteiger partial charge in [0.2, 0.25) is 0 Å². The zero-order chi connectivity index (χ0) is 11.2. The maximum atomic E-state index is 12.1. The van der Waals surface area contributed by atoms with Crippen molar-refractivity contribution < 1.29 is 14.3 Å². The zero-order valence-electron chi connectivity index (χ0n) is 9.91. The molecule has 16 heavy (non-hydrogen) atoms. The Balaban J connectivity index is 1.88. The van der Waals surface area contributed by atoms with Gasteiger partial charge in [-0.3, -0.25) is 4.79 Å². The van der Waals surface area contributed by atoms with Crippen LogP contribution in [0.25, 0.3) is 0 Å². The van der Waals surface area contributed by atoms with Crippen molar-refractivity contribution in [3.05, 3.63) is 0 Å². The lowest BCUT2D eigenvalue weighted by Crippen LogP contribution is -2.38. The van der Waals surface area contributed by atoms with E-state index in [1.807, 2.05) is 0 Å². The van der Waals surface area contributed by atoms with E-state index in [1.165, 1.54) is 0 Å². The Bertz CT molecular complexity index is 294. The zero-order valence-corrected chi connectivity index (χ0v) is 9.91. The Morgan fingerprint density at radius 3 is 2.75 bits per heavy atom. The predicted molar refractivity (Wildman–Crippen MR) is 58.9 cm³/mol. The molecule has 0 amide bonds. The number of ketones is 1. The van der Waals surface area contributed by atoms with Crippen LogP contribution >= 0.6 is 0 Å². The number of Topliss-reactive ketones (excluding diaryl/α,β-unsaturated/α-hetero) is 1. The average molecular weight is 224 g/mol. The van der Waals surface area contributed by atoms with Gasteiger partial charge in [0.1, 0.15) is 5.78 Å². The van der Waals surface area contributed by atoms with Gasteiger partial charge in [-0.15, -0.1) is 0 Å². The van der Waals surface area contributed by atoms with Gasteiger partial charge in [0.25, 0.3) is 0 Å². The molecule has 0 aromatic rings. The molecule has 90 valence electrons. The lowest BCUT2D eigenvalue weighted by atomic mass is 9.85. The predicted octanol–water partition coefficient (Wildman–Crippen LogP) is 2.14. The number of hydrogen-bond donors (Lipinski definition) is 0. The second kappa shape index (κ2) is 3.81. The first kappa shape index (κ1) is 10.7. The fourth-order valence-corrected chi connectivity index (χ4v) is 3.73. The quantitative estimate of drug-likeness (QED) is 0.632. The second-order valence-corrected chi connectivity index (χ2v) is 5.61. The minimum absolute atomic E-state index is 0.211.